The number of hydrogen-bond acceptors (Lipinski definition) is 5. The van der Waals surface area contributed by atoms with Crippen LogP contribution in [0.1, 0.15) is 36.7 Å². The average molecular weight is 377 g/mol. The van der Waals surface area contributed by atoms with E-state index in [-0.39, 0.29) is 6.04 Å². The van der Waals surface area contributed by atoms with Gasteiger partial charge in [0.05, 0.1) is 29.0 Å². The Morgan fingerprint density at radius 2 is 1.93 bits per heavy atom. The molecule has 1 aliphatic heterocycles. The fourth-order valence-corrected chi connectivity index (χ4v) is 3.84. The lowest BCUT2D eigenvalue weighted by atomic mass is 9.92. The largest absolute Gasteiger partial charge is 0.492 e. The normalized spacial score (nSPS) is 16.3. The quantitative estimate of drug-likeness (QED) is 0.683. The van der Waals surface area contributed by atoms with Crippen molar-refractivity contribution in [2.24, 2.45) is 0 Å². The Morgan fingerprint density at radius 3 is 2.75 bits per heavy atom. The van der Waals surface area contributed by atoms with Crippen molar-refractivity contribution in [2.45, 2.75) is 26.3 Å². The van der Waals surface area contributed by atoms with Gasteiger partial charge in [-0.1, -0.05) is 32.0 Å². The molecule has 0 aliphatic carbocycles. The zero-order valence-corrected chi connectivity index (χ0v) is 16.7. The fourth-order valence-electron chi connectivity index (χ4n) is 3.84. The molecule has 146 valence electrons. The second-order valence-corrected chi connectivity index (χ2v) is 7.16. The van der Waals surface area contributed by atoms with E-state index in [9.17, 15) is 0 Å². The molecule has 2 aromatic carbocycles. The third-order valence-electron chi connectivity index (χ3n) is 5.50. The third kappa shape index (κ3) is 4.01. The number of rotatable bonds is 7. The minimum Gasteiger partial charge on any atom is -0.492 e. The summed E-state index contributed by atoms with van der Waals surface area (Å²) in [5, 5.41) is 3.60. The van der Waals surface area contributed by atoms with E-state index in [2.05, 4.69) is 47.2 Å². The lowest BCUT2D eigenvalue weighted by Gasteiger charge is -2.27. The number of fused-ring (bicyclic) bond motifs is 2. The molecule has 0 saturated heterocycles. The maximum Gasteiger partial charge on any atom is 0.119 e. The first-order chi connectivity index (χ1) is 13.8. The summed E-state index contributed by atoms with van der Waals surface area (Å²) in [5.41, 5.74) is 5.44. The van der Waals surface area contributed by atoms with Crippen LogP contribution in [0.3, 0.4) is 0 Å². The van der Waals surface area contributed by atoms with Crippen LogP contribution in [-0.4, -0.2) is 47.7 Å². The number of benzene rings is 2. The van der Waals surface area contributed by atoms with Gasteiger partial charge in [-0.2, -0.15) is 0 Å². The van der Waals surface area contributed by atoms with Gasteiger partial charge in [0.2, 0.25) is 0 Å². The monoisotopic (exact) mass is 376 g/mol. The van der Waals surface area contributed by atoms with Gasteiger partial charge in [-0.15, -0.1) is 0 Å². The van der Waals surface area contributed by atoms with Gasteiger partial charge < -0.3 is 15.0 Å². The topological polar surface area (TPSA) is 50.3 Å². The van der Waals surface area contributed by atoms with E-state index in [4.69, 9.17) is 9.72 Å². The molecule has 28 heavy (non-hydrogen) atoms. The number of ether oxygens (including phenoxy) is 1. The molecule has 4 rings (SSSR count). The molecule has 0 spiro atoms. The highest BCUT2D eigenvalue weighted by molar-refractivity contribution is 5.73. The highest BCUT2D eigenvalue weighted by atomic mass is 16.5. The molecule has 0 bridgehead atoms. The van der Waals surface area contributed by atoms with Crippen LogP contribution in [0.2, 0.25) is 0 Å². The van der Waals surface area contributed by atoms with E-state index >= 15 is 0 Å². The molecule has 3 aromatic rings. The molecule has 5 heteroatoms. The second kappa shape index (κ2) is 8.67. The second-order valence-electron chi connectivity index (χ2n) is 7.16. The Bertz CT molecular complexity index is 939. The Balaban J connectivity index is 1.52. The SMILES string of the molecule is CCN(CC)CCOc1ccc2c(c1)CCNC2c1cnc2ccccc2n1. The van der Waals surface area contributed by atoms with Crippen molar-refractivity contribution in [3.63, 3.8) is 0 Å². The summed E-state index contributed by atoms with van der Waals surface area (Å²) in [5.74, 6) is 0.955. The van der Waals surface area contributed by atoms with Crippen LogP contribution in [0.5, 0.6) is 5.75 Å². The van der Waals surface area contributed by atoms with Gasteiger partial charge in [-0.25, -0.2) is 4.98 Å². The zero-order chi connectivity index (χ0) is 19.3. The number of hydrogen-bond donors (Lipinski definition) is 1. The van der Waals surface area contributed by atoms with Crippen molar-refractivity contribution in [1.82, 2.24) is 20.2 Å². The van der Waals surface area contributed by atoms with Crippen molar-refractivity contribution in [1.29, 1.82) is 0 Å². The van der Waals surface area contributed by atoms with Gasteiger partial charge >= 0.3 is 0 Å². The molecule has 0 radical (unpaired) electrons. The number of para-hydroxylation sites is 2. The van der Waals surface area contributed by atoms with Gasteiger partial charge in [-0.05, 0) is 54.9 Å². The molecule has 5 nitrogen and oxygen atoms in total. The lowest BCUT2D eigenvalue weighted by molar-refractivity contribution is 0.222. The Hall–Kier alpha value is -2.50. The molecule has 0 amide bonds. The maximum atomic E-state index is 6.01. The van der Waals surface area contributed by atoms with Gasteiger partial charge in [0, 0.05) is 13.1 Å². The first kappa shape index (κ1) is 18.8. The molecule has 0 saturated carbocycles. The Kier molecular flexibility index (Phi) is 5.84. The molecule has 1 N–H and O–H groups in total. The summed E-state index contributed by atoms with van der Waals surface area (Å²) in [6, 6.07) is 14.5. The van der Waals surface area contributed by atoms with E-state index in [0.717, 1.165) is 61.7 Å². The van der Waals surface area contributed by atoms with E-state index in [1.54, 1.807) is 0 Å². The van der Waals surface area contributed by atoms with E-state index in [1.807, 2.05) is 30.5 Å². The summed E-state index contributed by atoms with van der Waals surface area (Å²) < 4.78 is 6.01. The summed E-state index contributed by atoms with van der Waals surface area (Å²) in [4.78, 5) is 11.8. The standard InChI is InChI=1S/C23H28N4O/c1-3-27(4-2)13-14-28-18-9-10-19-17(15-18)11-12-24-23(19)22-16-25-20-7-5-6-8-21(20)26-22/h5-10,15-16,23-24H,3-4,11-14H2,1-2H3. The highest BCUT2D eigenvalue weighted by Gasteiger charge is 2.23. The predicted molar refractivity (Wildman–Crippen MR) is 113 cm³/mol. The first-order valence-corrected chi connectivity index (χ1v) is 10.2. The number of likely N-dealkylation sites (N-methyl/N-ethyl adjacent to an activating group) is 1. The van der Waals surface area contributed by atoms with Crippen LogP contribution in [0.25, 0.3) is 11.0 Å². The fraction of sp³-hybridized carbons (Fsp3) is 0.391. The maximum absolute atomic E-state index is 6.01. The number of aromatic nitrogens is 2. The third-order valence-corrected chi connectivity index (χ3v) is 5.50. The molecule has 0 fully saturated rings. The van der Waals surface area contributed by atoms with E-state index in [0.29, 0.717) is 0 Å². The molecule has 1 aliphatic rings. The van der Waals surface area contributed by atoms with E-state index < -0.39 is 0 Å². The minimum atomic E-state index is 0.0746. The summed E-state index contributed by atoms with van der Waals surface area (Å²) in [6.07, 6.45) is 2.89. The van der Waals surface area contributed by atoms with Crippen molar-refractivity contribution < 1.29 is 4.74 Å². The molecule has 2 heterocycles. The minimum absolute atomic E-state index is 0.0746. The number of nitrogens with one attached hydrogen (secondary N) is 1. The Labute approximate surface area is 166 Å². The van der Waals surface area contributed by atoms with Crippen molar-refractivity contribution in [3.8, 4) is 5.75 Å². The van der Waals surface area contributed by atoms with Crippen LogP contribution >= 0.6 is 0 Å². The van der Waals surface area contributed by atoms with Gasteiger partial charge in [0.25, 0.3) is 0 Å². The first-order valence-electron chi connectivity index (χ1n) is 10.2. The molecule has 1 atom stereocenters. The van der Waals surface area contributed by atoms with Gasteiger partial charge in [-0.3, -0.25) is 4.98 Å². The van der Waals surface area contributed by atoms with E-state index in [1.165, 1.54) is 11.1 Å². The molecule has 1 aromatic heterocycles. The lowest BCUT2D eigenvalue weighted by Crippen LogP contribution is -2.31. The zero-order valence-electron chi connectivity index (χ0n) is 16.7. The summed E-state index contributed by atoms with van der Waals surface area (Å²) >= 11 is 0. The van der Waals surface area contributed by atoms with Crippen molar-refractivity contribution in [2.75, 3.05) is 32.8 Å². The Morgan fingerprint density at radius 1 is 1.11 bits per heavy atom. The van der Waals surface area contributed by atoms with Crippen LogP contribution in [0.4, 0.5) is 0 Å². The predicted octanol–water partition coefficient (Wildman–Crippen LogP) is 3.59. The molecular weight excluding hydrogens is 348 g/mol. The van der Waals surface area contributed by atoms with Crippen LogP contribution in [0.15, 0.2) is 48.7 Å². The number of nitrogens with zero attached hydrogens (tertiary/aromatic N) is 3. The van der Waals surface area contributed by atoms with Crippen molar-refractivity contribution in [3.05, 3.63) is 65.5 Å². The van der Waals surface area contributed by atoms with Crippen LogP contribution in [0, 0.1) is 0 Å². The molecule has 1 unspecified atom stereocenters. The van der Waals surface area contributed by atoms with Gasteiger partial charge in [0.15, 0.2) is 0 Å². The smallest absolute Gasteiger partial charge is 0.119 e. The van der Waals surface area contributed by atoms with Crippen LogP contribution < -0.4 is 10.1 Å². The molecular formula is C23H28N4O. The average Bonchev–Trinajstić information content (AvgIpc) is 2.76. The highest BCUT2D eigenvalue weighted by Crippen LogP contribution is 2.30. The van der Waals surface area contributed by atoms with Crippen LogP contribution in [-0.2, 0) is 6.42 Å². The summed E-state index contributed by atoms with van der Waals surface area (Å²) in [6.45, 7) is 9.10. The summed E-state index contributed by atoms with van der Waals surface area (Å²) in [7, 11) is 0. The van der Waals surface area contributed by atoms with Crippen molar-refractivity contribution >= 4 is 11.0 Å². The van der Waals surface area contributed by atoms with Gasteiger partial charge in [0.1, 0.15) is 12.4 Å².